The number of hydrogen-bond donors (Lipinski definition) is 1. The molecule has 1 fully saturated rings. The molecule has 0 aromatic carbocycles. The third kappa shape index (κ3) is 3.16. The Morgan fingerprint density at radius 2 is 2.18 bits per heavy atom. The first kappa shape index (κ1) is 12.8. The topological polar surface area (TPSA) is 47.0 Å². The highest BCUT2D eigenvalue weighted by atomic mass is 32.1. The monoisotopic (exact) mass is 255 g/mol. The van der Waals surface area contributed by atoms with Crippen LogP contribution >= 0.6 is 11.3 Å². The summed E-state index contributed by atoms with van der Waals surface area (Å²) in [6, 6.07) is 0.304. The summed E-state index contributed by atoms with van der Waals surface area (Å²) < 4.78 is 5.65. The summed E-state index contributed by atoms with van der Waals surface area (Å²) in [4.78, 5) is 0. The Morgan fingerprint density at radius 3 is 2.71 bits per heavy atom. The molecule has 0 amide bonds. The summed E-state index contributed by atoms with van der Waals surface area (Å²) in [5.74, 6) is 0. The maximum absolute atomic E-state index is 5.65. The average Bonchev–Trinajstić information content (AvgIpc) is 2.85. The highest BCUT2D eigenvalue weighted by molar-refractivity contribution is 7.15. The van der Waals surface area contributed by atoms with Crippen LogP contribution in [0.15, 0.2) is 0 Å². The van der Waals surface area contributed by atoms with Crippen molar-refractivity contribution in [3.8, 4) is 0 Å². The van der Waals surface area contributed by atoms with E-state index in [0.29, 0.717) is 12.1 Å². The van der Waals surface area contributed by atoms with Crippen molar-refractivity contribution in [3.63, 3.8) is 0 Å². The van der Waals surface area contributed by atoms with Gasteiger partial charge in [0.1, 0.15) is 5.01 Å². The van der Waals surface area contributed by atoms with Crippen molar-refractivity contribution < 1.29 is 4.74 Å². The zero-order valence-corrected chi connectivity index (χ0v) is 11.8. The molecular formula is C12H21N3OS. The molecular weight excluding hydrogens is 234 g/mol. The van der Waals surface area contributed by atoms with Crippen LogP contribution in [0.2, 0.25) is 0 Å². The molecule has 0 spiro atoms. The number of aromatic nitrogens is 2. The molecule has 5 heteroatoms. The summed E-state index contributed by atoms with van der Waals surface area (Å²) >= 11 is 1.64. The van der Waals surface area contributed by atoms with Crippen LogP contribution in [-0.4, -0.2) is 29.0 Å². The molecule has 0 unspecified atom stereocenters. The van der Waals surface area contributed by atoms with Gasteiger partial charge in [0.2, 0.25) is 5.13 Å². The SMILES string of the molecule is C[C@@H](Nc1nnc(C(C)(C)C)s1)[C@@H]1CCCO1. The molecule has 1 aliphatic heterocycles. The fraction of sp³-hybridized carbons (Fsp3) is 0.833. The molecule has 0 saturated carbocycles. The Morgan fingerprint density at radius 1 is 1.41 bits per heavy atom. The van der Waals surface area contributed by atoms with E-state index in [4.69, 9.17) is 4.74 Å². The molecule has 2 rings (SSSR count). The summed E-state index contributed by atoms with van der Waals surface area (Å²) in [6.45, 7) is 9.50. The minimum Gasteiger partial charge on any atom is -0.376 e. The molecule has 0 aliphatic carbocycles. The fourth-order valence-electron chi connectivity index (χ4n) is 1.87. The van der Waals surface area contributed by atoms with Crippen LogP contribution in [0.3, 0.4) is 0 Å². The molecule has 4 nitrogen and oxygen atoms in total. The molecule has 1 N–H and O–H groups in total. The van der Waals surface area contributed by atoms with Crippen LogP contribution < -0.4 is 5.32 Å². The summed E-state index contributed by atoms with van der Waals surface area (Å²) in [5, 5.41) is 13.8. The number of ether oxygens (including phenoxy) is 1. The standard InChI is InChI=1S/C12H21N3OS/c1-8(9-6-5-7-16-9)13-11-15-14-10(17-11)12(2,3)4/h8-9H,5-7H2,1-4H3,(H,13,15)/t8-,9+/m1/s1. The van der Waals surface area contributed by atoms with E-state index in [-0.39, 0.29) is 5.41 Å². The smallest absolute Gasteiger partial charge is 0.205 e. The van der Waals surface area contributed by atoms with Gasteiger partial charge in [-0.15, -0.1) is 10.2 Å². The van der Waals surface area contributed by atoms with Gasteiger partial charge in [-0.05, 0) is 19.8 Å². The molecule has 96 valence electrons. The second-order valence-corrected chi connectivity index (χ2v) is 6.62. The summed E-state index contributed by atoms with van der Waals surface area (Å²) in [7, 11) is 0. The van der Waals surface area contributed by atoms with Crippen LogP contribution in [0, 0.1) is 0 Å². The fourth-order valence-corrected chi connectivity index (χ4v) is 2.77. The van der Waals surface area contributed by atoms with Gasteiger partial charge in [0.05, 0.1) is 12.1 Å². The Hall–Kier alpha value is -0.680. The van der Waals surface area contributed by atoms with E-state index < -0.39 is 0 Å². The van der Waals surface area contributed by atoms with Gasteiger partial charge in [0, 0.05) is 12.0 Å². The minimum absolute atomic E-state index is 0.0741. The van der Waals surface area contributed by atoms with Gasteiger partial charge in [0.15, 0.2) is 0 Å². The van der Waals surface area contributed by atoms with Crippen LogP contribution in [0.25, 0.3) is 0 Å². The van der Waals surface area contributed by atoms with Crippen molar-refractivity contribution in [1.29, 1.82) is 0 Å². The Labute approximate surface area is 107 Å². The molecule has 17 heavy (non-hydrogen) atoms. The lowest BCUT2D eigenvalue weighted by Gasteiger charge is -2.19. The van der Waals surface area contributed by atoms with E-state index in [9.17, 15) is 0 Å². The lowest BCUT2D eigenvalue weighted by Crippen LogP contribution is -2.29. The Kier molecular flexibility index (Phi) is 3.68. The molecule has 1 aliphatic rings. The highest BCUT2D eigenvalue weighted by Gasteiger charge is 2.24. The number of nitrogens with zero attached hydrogens (tertiary/aromatic N) is 2. The predicted molar refractivity (Wildman–Crippen MR) is 70.7 cm³/mol. The van der Waals surface area contributed by atoms with Gasteiger partial charge >= 0.3 is 0 Å². The Balaban J connectivity index is 1.96. The first-order valence-corrected chi connectivity index (χ1v) is 7.00. The van der Waals surface area contributed by atoms with Gasteiger partial charge < -0.3 is 10.1 Å². The van der Waals surface area contributed by atoms with E-state index in [1.165, 1.54) is 6.42 Å². The average molecular weight is 255 g/mol. The Bertz CT molecular complexity index is 366. The number of hydrogen-bond acceptors (Lipinski definition) is 5. The molecule has 1 aromatic rings. The minimum atomic E-state index is 0.0741. The summed E-state index contributed by atoms with van der Waals surface area (Å²) in [5.41, 5.74) is 0.0741. The largest absolute Gasteiger partial charge is 0.376 e. The molecule has 2 heterocycles. The summed E-state index contributed by atoms with van der Waals surface area (Å²) in [6.07, 6.45) is 2.62. The van der Waals surface area contributed by atoms with Crippen molar-refractivity contribution in [2.45, 2.75) is 58.1 Å². The maximum atomic E-state index is 5.65. The highest BCUT2D eigenvalue weighted by Crippen LogP contribution is 2.28. The van der Waals surface area contributed by atoms with Gasteiger partial charge in [-0.3, -0.25) is 0 Å². The normalized spacial score (nSPS) is 22.7. The third-order valence-corrected chi connectivity index (χ3v) is 4.22. The van der Waals surface area contributed by atoms with Crippen molar-refractivity contribution >= 4 is 16.5 Å². The maximum Gasteiger partial charge on any atom is 0.205 e. The van der Waals surface area contributed by atoms with Crippen molar-refractivity contribution in [2.24, 2.45) is 0 Å². The van der Waals surface area contributed by atoms with E-state index >= 15 is 0 Å². The van der Waals surface area contributed by atoms with Gasteiger partial charge in [-0.25, -0.2) is 0 Å². The lowest BCUT2D eigenvalue weighted by molar-refractivity contribution is 0.0996. The van der Waals surface area contributed by atoms with Crippen LogP contribution in [0.4, 0.5) is 5.13 Å². The van der Waals surface area contributed by atoms with Gasteiger partial charge in [-0.2, -0.15) is 0 Å². The van der Waals surface area contributed by atoms with Gasteiger partial charge in [-0.1, -0.05) is 32.1 Å². The van der Waals surface area contributed by atoms with Gasteiger partial charge in [0.25, 0.3) is 0 Å². The van der Waals surface area contributed by atoms with E-state index in [1.54, 1.807) is 11.3 Å². The molecule has 2 atom stereocenters. The third-order valence-electron chi connectivity index (χ3n) is 2.94. The lowest BCUT2D eigenvalue weighted by atomic mass is 9.98. The predicted octanol–water partition coefficient (Wildman–Crippen LogP) is 2.82. The number of rotatable bonds is 3. The van der Waals surface area contributed by atoms with Crippen LogP contribution in [0.1, 0.15) is 45.5 Å². The number of anilines is 1. The first-order valence-electron chi connectivity index (χ1n) is 6.19. The van der Waals surface area contributed by atoms with E-state index in [1.807, 2.05) is 0 Å². The van der Waals surface area contributed by atoms with Crippen molar-refractivity contribution in [1.82, 2.24) is 10.2 Å². The molecule has 1 aromatic heterocycles. The van der Waals surface area contributed by atoms with E-state index in [0.717, 1.165) is 23.2 Å². The second-order valence-electron chi connectivity index (χ2n) is 5.65. The van der Waals surface area contributed by atoms with Crippen LogP contribution in [0.5, 0.6) is 0 Å². The zero-order chi connectivity index (χ0) is 12.5. The quantitative estimate of drug-likeness (QED) is 0.902. The van der Waals surface area contributed by atoms with Crippen molar-refractivity contribution in [3.05, 3.63) is 5.01 Å². The molecule has 0 bridgehead atoms. The molecule has 1 saturated heterocycles. The number of nitrogens with one attached hydrogen (secondary N) is 1. The van der Waals surface area contributed by atoms with Crippen molar-refractivity contribution in [2.75, 3.05) is 11.9 Å². The van der Waals surface area contributed by atoms with Crippen LogP contribution in [-0.2, 0) is 10.2 Å². The first-order chi connectivity index (χ1) is 7.97. The van der Waals surface area contributed by atoms with E-state index in [2.05, 4.69) is 43.2 Å². The zero-order valence-electron chi connectivity index (χ0n) is 11.0. The molecule has 0 radical (unpaired) electrons. The second kappa shape index (κ2) is 4.90.